The van der Waals surface area contributed by atoms with Crippen LogP contribution >= 0.6 is 11.6 Å². The van der Waals surface area contributed by atoms with Crippen molar-refractivity contribution in [2.45, 2.75) is 49.8 Å². The summed E-state index contributed by atoms with van der Waals surface area (Å²) in [5.41, 5.74) is 0.882. The van der Waals surface area contributed by atoms with Gasteiger partial charge in [-0.2, -0.15) is 0 Å². The summed E-state index contributed by atoms with van der Waals surface area (Å²) in [6.07, 6.45) is 8.71. The molecule has 1 aliphatic carbocycles. The van der Waals surface area contributed by atoms with Crippen LogP contribution < -0.4 is 9.62 Å². The van der Waals surface area contributed by atoms with E-state index in [1.54, 1.807) is 36.4 Å². The first kappa shape index (κ1) is 22.6. The fourth-order valence-corrected chi connectivity index (χ4v) is 5.20. The first-order chi connectivity index (χ1) is 14.4. The molecule has 30 heavy (non-hydrogen) atoms. The Morgan fingerprint density at radius 2 is 1.73 bits per heavy atom. The van der Waals surface area contributed by atoms with Crippen molar-refractivity contribution in [3.05, 3.63) is 59.1 Å². The molecule has 7 heteroatoms. The minimum Gasteiger partial charge on any atom is -0.352 e. The number of amides is 1. The van der Waals surface area contributed by atoms with Gasteiger partial charge in [-0.25, -0.2) is 8.42 Å². The summed E-state index contributed by atoms with van der Waals surface area (Å²) >= 11 is 5.86. The SMILES string of the molecule is CN(c1cccc(C(=O)NCCC2CCCCCC2)c1)S(=O)(=O)c1ccc(Cl)cc1. The molecule has 0 aliphatic heterocycles. The Morgan fingerprint density at radius 1 is 1.07 bits per heavy atom. The van der Waals surface area contributed by atoms with Crippen LogP contribution in [0.15, 0.2) is 53.4 Å². The Labute approximate surface area is 184 Å². The van der Waals surface area contributed by atoms with E-state index in [1.165, 1.54) is 62.0 Å². The molecular formula is C23H29ClN2O3S. The molecule has 0 unspecified atom stereocenters. The molecule has 2 aromatic rings. The number of hydrogen-bond acceptors (Lipinski definition) is 3. The van der Waals surface area contributed by atoms with Crippen molar-refractivity contribution in [2.24, 2.45) is 5.92 Å². The van der Waals surface area contributed by atoms with E-state index in [1.807, 2.05) is 0 Å². The van der Waals surface area contributed by atoms with Gasteiger partial charge in [-0.05, 0) is 54.8 Å². The van der Waals surface area contributed by atoms with Gasteiger partial charge in [0, 0.05) is 24.2 Å². The predicted octanol–water partition coefficient (Wildman–Crippen LogP) is 5.26. The normalized spacial score (nSPS) is 15.4. The molecule has 0 radical (unpaired) electrons. The van der Waals surface area contributed by atoms with E-state index in [2.05, 4.69) is 5.32 Å². The number of nitrogens with zero attached hydrogens (tertiary/aromatic N) is 1. The van der Waals surface area contributed by atoms with Gasteiger partial charge in [0.15, 0.2) is 0 Å². The van der Waals surface area contributed by atoms with Crippen LogP contribution in [0.25, 0.3) is 0 Å². The lowest BCUT2D eigenvalue weighted by molar-refractivity contribution is 0.0951. The zero-order valence-electron chi connectivity index (χ0n) is 17.3. The summed E-state index contributed by atoms with van der Waals surface area (Å²) in [6.45, 7) is 0.645. The topological polar surface area (TPSA) is 66.5 Å². The van der Waals surface area contributed by atoms with E-state index in [0.717, 1.165) is 6.42 Å². The van der Waals surface area contributed by atoms with Crippen molar-refractivity contribution in [3.63, 3.8) is 0 Å². The maximum Gasteiger partial charge on any atom is 0.264 e. The number of halogens is 1. The Morgan fingerprint density at radius 3 is 2.40 bits per heavy atom. The first-order valence-corrected chi connectivity index (χ1v) is 12.3. The second kappa shape index (κ2) is 10.3. The molecule has 1 aliphatic rings. The summed E-state index contributed by atoms with van der Waals surface area (Å²) in [4.78, 5) is 12.7. The van der Waals surface area contributed by atoms with Crippen molar-refractivity contribution < 1.29 is 13.2 Å². The quantitative estimate of drug-likeness (QED) is 0.588. The van der Waals surface area contributed by atoms with E-state index in [-0.39, 0.29) is 10.8 Å². The number of carbonyl (C=O) groups excluding carboxylic acids is 1. The molecule has 0 spiro atoms. The highest BCUT2D eigenvalue weighted by atomic mass is 35.5. The Kier molecular flexibility index (Phi) is 7.78. The number of rotatable bonds is 7. The second-order valence-electron chi connectivity index (χ2n) is 7.88. The zero-order chi connectivity index (χ0) is 21.6. The second-order valence-corrected chi connectivity index (χ2v) is 10.3. The molecule has 2 aromatic carbocycles. The van der Waals surface area contributed by atoms with Gasteiger partial charge >= 0.3 is 0 Å². The Bertz CT molecular complexity index is 953. The highest BCUT2D eigenvalue weighted by Crippen LogP contribution is 2.26. The lowest BCUT2D eigenvalue weighted by Crippen LogP contribution is -2.28. The predicted molar refractivity (Wildman–Crippen MR) is 122 cm³/mol. The molecule has 0 heterocycles. The van der Waals surface area contributed by atoms with Crippen molar-refractivity contribution >= 4 is 33.2 Å². The van der Waals surface area contributed by atoms with Crippen LogP contribution in [-0.4, -0.2) is 27.9 Å². The van der Waals surface area contributed by atoms with Crippen molar-refractivity contribution in [2.75, 3.05) is 17.9 Å². The first-order valence-electron chi connectivity index (χ1n) is 10.5. The Hall–Kier alpha value is -2.05. The summed E-state index contributed by atoms with van der Waals surface area (Å²) in [6, 6.07) is 12.7. The van der Waals surface area contributed by atoms with Gasteiger partial charge < -0.3 is 5.32 Å². The molecule has 3 rings (SSSR count). The van der Waals surface area contributed by atoms with Crippen molar-refractivity contribution in [3.8, 4) is 0 Å². The third kappa shape index (κ3) is 5.76. The summed E-state index contributed by atoms with van der Waals surface area (Å²) < 4.78 is 26.9. The van der Waals surface area contributed by atoms with Gasteiger partial charge in [0.25, 0.3) is 15.9 Å². The van der Waals surface area contributed by atoms with Gasteiger partial charge in [0.2, 0.25) is 0 Å². The number of benzene rings is 2. The lowest BCUT2D eigenvalue weighted by atomic mass is 9.97. The van der Waals surface area contributed by atoms with Crippen LogP contribution in [0.1, 0.15) is 55.3 Å². The summed E-state index contributed by atoms with van der Waals surface area (Å²) in [5, 5.41) is 3.46. The number of carbonyl (C=O) groups is 1. The number of sulfonamides is 1. The third-order valence-electron chi connectivity index (χ3n) is 5.76. The summed E-state index contributed by atoms with van der Waals surface area (Å²) in [5.74, 6) is 0.512. The molecule has 0 saturated heterocycles. The molecule has 1 amide bonds. The number of anilines is 1. The third-order valence-corrected chi connectivity index (χ3v) is 7.81. The van der Waals surface area contributed by atoms with Crippen LogP contribution in [0.4, 0.5) is 5.69 Å². The largest absolute Gasteiger partial charge is 0.352 e. The highest BCUT2D eigenvalue weighted by molar-refractivity contribution is 7.92. The van der Waals surface area contributed by atoms with E-state index in [4.69, 9.17) is 11.6 Å². The van der Waals surface area contributed by atoms with E-state index >= 15 is 0 Å². The average Bonchev–Trinajstić information content (AvgIpc) is 3.02. The molecule has 0 atom stereocenters. The number of nitrogens with one attached hydrogen (secondary N) is 1. The van der Waals surface area contributed by atoms with Crippen LogP contribution in [-0.2, 0) is 10.0 Å². The fraction of sp³-hybridized carbons (Fsp3) is 0.435. The maximum atomic E-state index is 12.9. The molecule has 1 N–H and O–H groups in total. The molecule has 162 valence electrons. The summed E-state index contributed by atoms with van der Waals surface area (Å²) in [7, 11) is -2.26. The van der Waals surface area contributed by atoms with Gasteiger partial charge in [0.05, 0.1) is 10.6 Å². The standard InChI is InChI=1S/C23H29ClN2O3S/c1-26(30(28,29)22-13-11-20(24)12-14-22)21-10-6-9-19(17-21)23(27)25-16-15-18-7-4-2-3-5-8-18/h6,9-14,17-18H,2-5,7-8,15-16H2,1H3,(H,25,27). The minimum atomic E-state index is -3.74. The lowest BCUT2D eigenvalue weighted by Gasteiger charge is -2.20. The van der Waals surface area contributed by atoms with Crippen molar-refractivity contribution in [1.82, 2.24) is 5.32 Å². The van der Waals surface area contributed by atoms with Gasteiger partial charge in [-0.15, -0.1) is 0 Å². The zero-order valence-corrected chi connectivity index (χ0v) is 18.9. The number of hydrogen-bond donors (Lipinski definition) is 1. The minimum absolute atomic E-state index is 0.146. The highest BCUT2D eigenvalue weighted by Gasteiger charge is 2.22. The van der Waals surface area contributed by atoms with Gasteiger partial charge in [-0.1, -0.05) is 56.2 Å². The van der Waals surface area contributed by atoms with Crippen LogP contribution in [0.2, 0.25) is 5.02 Å². The van der Waals surface area contributed by atoms with Crippen molar-refractivity contribution in [1.29, 1.82) is 0 Å². The maximum absolute atomic E-state index is 12.9. The smallest absolute Gasteiger partial charge is 0.264 e. The van der Waals surface area contributed by atoms with E-state index in [9.17, 15) is 13.2 Å². The molecular weight excluding hydrogens is 420 g/mol. The van der Waals surface area contributed by atoms with Crippen LogP contribution in [0.5, 0.6) is 0 Å². The Balaban J connectivity index is 1.64. The molecule has 0 aromatic heterocycles. The van der Waals surface area contributed by atoms with Crippen LogP contribution in [0, 0.1) is 5.92 Å². The fourth-order valence-electron chi connectivity index (χ4n) is 3.89. The van der Waals surface area contributed by atoms with Gasteiger partial charge in [-0.3, -0.25) is 9.10 Å². The molecule has 1 saturated carbocycles. The average molecular weight is 449 g/mol. The van der Waals surface area contributed by atoms with E-state index < -0.39 is 10.0 Å². The van der Waals surface area contributed by atoms with E-state index in [0.29, 0.717) is 28.7 Å². The molecule has 1 fully saturated rings. The molecule has 5 nitrogen and oxygen atoms in total. The van der Waals surface area contributed by atoms with Gasteiger partial charge in [0.1, 0.15) is 0 Å². The monoisotopic (exact) mass is 448 g/mol. The molecule has 0 bridgehead atoms. The van der Waals surface area contributed by atoms with Crippen LogP contribution in [0.3, 0.4) is 0 Å².